The van der Waals surface area contributed by atoms with Crippen molar-refractivity contribution in [3.05, 3.63) is 41.7 Å². The van der Waals surface area contributed by atoms with Gasteiger partial charge >= 0.3 is 5.97 Å². The maximum Gasteiger partial charge on any atom is 0.307 e. The van der Waals surface area contributed by atoms with Crippen LogP contribution in [0, 0.1) is 24.6 Å². The fourth-order valence-corrected chi connectivity index (χ4v) is 2.28. The van der Waals surface area contributed by atoms with Crippen molar-refractivity contribution in [3.8, 4) is 0 Å². The van der Waals surface area contributed by atoms with Crippen molar-refractivity contribution in [2.45, 2.75) is 19.8 Å². The third-order valence-electron chi connectivity index (χ3n) is 3.53. The van der Waals surface area contributed by atoms with Gasteiger partial charge in [0.15, 0.2) is 0 Å². The quantitative estimate of drug-likeness (QED) is 0.835. The molecule has 4 nitrogen and oxygen atoms in total. The van der Waals surface area contributed by atoms with Crippen molar-refractivity contribution in [2.75, 3.05) is 5.32 Å². The molecule has 0 radical (unpaired) electrons. The summed E-state index contributed by atoms with van der Waals surface area (Å²) in [5.41, 5.74) is 0.837. The second kappa shape index (κ2) is 5.86. The van der Waals surface area contributed by atoms with E-state index in [2.05, 4.69) is 5.32 Å². The molecule has 1 aromatic rings. The summed E-state index contributed by atoms with van der Waals surface area (Å²) in [6.45, 7) is 1.63. The highest BCUT2D eigenvalue weighted by Gasteiger charge is 2.33. The smallest absolute Gasteiger partial charge is 0.307 e. The van der Waals surface area contributed by atoms with Crippen LogP contribution in [-0.4, -0.2) is 17.0 Å². The van der Waals surface area contributed by atoms with Gasteiger partial charge in [-0.2, -0.15) is 0 Å². The topological polar surface area (TPSA) is 66.4 Å². The van der Waals surface area contributed by atoms with Gasteiger partial charge in [-0.05, 0) is 37.5 Å². The summed E-state index contributed by atoms with van der Waals surface area (Å²) < 4.78 is 13.4. The van der Waals surface area contributed by atoms with Crippen LogP contribution in [0.5, 0.6) is 0 Å². The Labute approximate surface area is 116 Å². The molecule has 1 aliphatic rings. The Morgan fingerprint density at radius 3 is 2.50 bits per heavy atom. The van der Waals surface area contributed by atoms with E-state index in [4.69, 9.17) is 5.11 Å². The Bertz CT molecular complexity index is 568. The van der Waals surface area contributed by atoms with E-state index in [-0.39, 0.29) is 5.91 Å². The largest absolute Gasteiger partial charge is 0.481 e. The Kier molecular flexibility index (Phi) is 4.17. The van der Waals surface area contributed by atoms with E-state index in [1.54, 1.807) is 31.2 Å². The number of halogens is 1. The number of hydrogen-bond donors (Lipinski definition) is 2. The van der Waals surface area contributed by atoms with Crippen LogP contribution in [0.2, 0.25) is 0 Å². The third kappa shape index (κ3) is 3.04. The molecule has 1 amide bonds. The van der Waals surface area contributed by atoms with Gasteiger partial charge in [0.1, 0.15) is 5.82 Å². The molecule has 1 aliphatic carbocycles. The number of benzene rings is 1. The Morgan fingerprint density at radius 2 is 1.90 bits per heavy atom. The van der Waals surface area contributed by atoms with Gasteiger partial charge < -0.3 is 10.4 Å². The van der Waals surface area contributed by atoms with E-state index >= 15 is 0 Å². The highest BCUT2D eigenvalue weighted by atomic mass is 19.1. The minimum absolute atomic E-state index is 0.343. The van der Waals surface area contributed by atoms with E-state index in [9.17, 15) is 14.0 Å². The second-order valence-electron chi connectivity index (χ2n) is 4.95. The maximum atomic E-state index is 13.4. The zero-order chi connectivity index (χ0) is 14.7. The molecule has 20 heavy (non-hydrogen) atoms. The SMILES string of the molecule is Cc1ccc(NC(=O)C2CC=CCC2C(=O)O)cc1F. The first-order valence-corrected chi connectivity index (χ1v) is 6.44. The van der Waals surface area contributed by atoms with Crippen molar-refractivity contribution in [1.29, 1.82) is 0 Å². The van der Waals surface area contributed by atoms with E-state index in [1.165, 1.54) is 6.07 Å². The molecule has 5 heteroatoms. The molecule has 2 N–H and O–H groups in total. The number of rotatable bonds is 3. The van der Waals surface area contributed by atoms with Crippen LogP contribution < -0.4 is 5.32 Å². The molecule has 0 heterocycles. The molecular formula is C15H16FNO3. The van der Waals surface area contributed by atoms with Crippen LogP contribution in [0.4, 0.5) is 10.1 Å². The molecular weight excluding hydrogens is 261 g/mol. The fourth-order valence-electron chi connectivity index (χ4n) is 2.28. The summed E-state index contributed by atoms with van der Waals surface area (Å²) in [6, 6.07) is 4.41. The standard InChI is InChI=1S/C15H16FNO3/c1-9-6-7-10(8-13(9)16)17-14(18)11-4-2-3-5-12(11)15(19)20/h2-3,6-8,11-12H,4-5H2,1H3,(H,17,18)(H,19,20). The predicted molar refractivity (Wildman–Crippen MR) is 72.8 cm³/mol. The molecule has 1 aromatic carbocycles. The lowest BCUT2D eigenvalue weighted by Gasteiger charge is -2.24. The van der Waals surface area contributed by atoms with Crippen LogP contribution in [-0.2, 0) is 9.59 Å². The highest BCUT2D eigenvalue weighted by molar-refractivity contribution is 5.95. The van der Waals surface area contributed by atoms with Crippen LogP contribution in [0.1, 0.15) is 18.4 Å². The molecule has 2 rings (SSSR count). The Balaban J connectivity index is 2.12. The number of aliphatic carboxylic acids is 1. The molecule has 2 atom stereocenters. The molecule has 0 fully saturated rings. The van der Waals surface area contributed by atoms with Crippen molar-refractivity contribution in [3.63, 3.8) is 0 Å². The van der Waals surface area contributed by atoms with Gasteiger partial charge in [0.2, 0.25) is 5.91 Å². The Hall–Kier alpha value is -2.17. The monoisotopic (exact) mass is 277 g/mol. The van der Waals surface area contributed by atoms with Crippen LogP contribution in [0.15, 0.2) is 30.4 Å². The first kappa shape index (κ1) is 14.2. The number of amides is 1. The summed E-state index contributed by atoms with van der Waals surface area (Å²) in [5.74, 6) is -3.12. The van der Waals surface area contributed by atoms with Gasteiger partial charge in [0.25, 0.3) is 0 Å². The first-order chi connectivity index (χ1) is 9.49. The van der Waals surface area contributed by atoms with Crippen molar-refractivity contribution in [1.82, 2.24) is 0 Å². The number of anilines is 1. The van der Waals surface area contributed by atoms with E-state index < -0.39 is 23.6 Å². The molecule has 0 aromatic heterocycles. The lowest BCUT2D eigenvalue weighted by molar-refractivity contribution is -0.146. The minimum atomic E-state index is -0.982. The number of carboxylic acid groups (broad SMARTS) is 1. The minimum Gasteiger partial charge on any atom is -0.481 e. The van der Waals surface area contributed by atoms with Gasteiger partial charge in [-0.1, -0.05) is 18.2 Å². The fraction of sp³-hybridized carbons (Fsp3) is 0.333. The number of carbonyl (C=O) groups is 2. The average Bonchev–Trinajstić information content (AvgIpc) is 2.43. The zero-order valence-electron chi connectivity index (χ0n) is 11.1. The van der Waals surface area contributed by atoms with Gasteiger partial charge in [-0.15, -0.1) is 0 Å². The summed E-state index contributed by atoms with van der Waals surface area (Å²) in [7, 11) is 0. The van der Waals surface area contributed by atoms with E-state index in [0.29, 0.717) is 24.1 Å². The summed E-state index contributed by atoms with van der Waals surface area (Å²) in [6.07, 6.45) is 4.31. The Morgan fingerprint density at radius 1 is 1.25 bits per heavy atom. The number of carbonyl (C=O) groups excluding carboxylic acids is 1. The van der Waals surface area contributed by atoms with Crippen LogP contribution in [0.25, 0.3) is 0 Å². The van der Waals surface area contributed by atoms with Gasteiger partial charge in [-0.25, -0.2) is 4.39 Å². The average molecular weight is 277 g/mol. The molecule has 0 aliphatic heterocycles. The maximum absolute atomic E-state index is 13.4. The summed E-state index contributed by atoms with van der Waals surface area (Å²) in [5, 5.41) is 11.7. The number of nitrogens with one attached hydrogen (secondary N) is 1. The first-order valence-electron chi connectivity index (χ1n) is 6.44. The third-order valence-corrected chi connectivity index (χ3v) is 3.53. The molecule has 106 valence electrons. The van der Waals surface area contributed by atoms with Gasteiger partial charge in [0.05, 0.1) is 11.8 Å². The van der Waals surface area contributed by atoms with Gasteiger partial charge in [0, 0.05) is 5.69 Å². The summed E-state index contributed by atoms with van der Waals surface area (Å²) in [4.78, 5) is 23.3. The zero-order valence-corrected chi connectivity index (χ0v) is 11.1. The number of aryl methyl sites for hydroxylation is 1. The van der Waals surface area contributed by atoms with Crippen molar-refractivity contribution < 1.29 is 19.1 Å². The number of carboxylic acids is 1. The second-order valence-corrected chi connectivity index (χ2v) is 4.95. The van der Waals surface area contributed by atoms with Crippen molar-refractivity contribution >= 4 is 17.6 Å². The van der Waals surface area contributed by atoms with E-state index in [0.717, 1.165) is 0 Å². The van der Waals surface area contributed by atoms with Gasteiger partial charge in [-0.3, -0.25) is 9.59 Å². The normalized spacial score (nSPS) is 21.5. The molecule has 0 bridgehead atoms. The molecule has 0 saturated heterocycles. The lowest BCUT2D eigenvalue weighted by Crippen LogP contribution is -2.34. The number of hydrogen-bond acceptors (Lipinski definition) is 2. The predicted octanol–water partition coefficient (Wildman–Crippen LogP) is 2.74. The molecule has 0 saturated carbocycles. The summed E-state index contributed by atoms with van der Waals surface area (Å²) >= 11 is 0. The lowest BCUT2D eigenvalue weighted by atomic mass is 9.82. The van der Waals surface area contributed by atoms with Crippen molar-refractivity contribution in [2.24, 2.45) is 11.8 Å². The van der Waals surface area contributed by atoms with Crippen LogP contribution >= 0.6 is 0 Å². The molecule has 2 unspecified atom stereocenters. The highest BCUT2D eigenvalue weighted by Crippen LogP contribution is 2.27. The van der Waals surface area contributed by atoms with Crippen LogP contribution in [0.3, 0.4) is 0 Å². The number of allylic oxidation sites excluding steroid dienone is 2. The molecule has 0 spiro atoms. The van der Waals surface area contributed by atoms with E-state index in [1.807, 2.05) is 0 Å².